The molecule has 2 heterocycles. The Morgan fingerprint density at radius 1 is 1.47 bits per heavy atom. The molecule has 5 heteroatoms. The van der Waals surface area contributed by atoms with Crippen LogP contribution in [-0.2, 0) is 0 Å². The number of hydrogen-bond donors (Lipinski definition) is 2. The van der Waals surface area contributed by atoms with E-state index in [1.807, 2.05) is 5.38 Å². The van der Waals surface area contributed by atoms with Gasteiger partial charge in [0.2, 0.25) is 0 Å². The average Bonchev–Trinajstić information content (AvgIpc) is 2.83. The molecule has 4 nitrogen and oxygen atoms in total. The third-order valence-corrected chi connectivity index (χ3v) is 3.79. The third kappa shape index (κ3) is 2.92. The number of thiophene rings is 1. The summed E-state index contributed by atoms with van der Waals surface area (Å²) >= 11 is 1.64. The van der Waals surface area contributed by atoms with E-state index >= 15 is 0 Å². The third-order valence-electron chi connectivity index (χ3n) is 2.97. The molecule has 0 saturated heterocycles. The highest BCUT2D eigenvalue weighted by atomic mass is 32.1. The van der Waals surface area contributed by atoms with Crippen molar-refractivity contribution in [3.05, 3.63) is 17.8 Å². The minimum atomic E-state index is 0.614. The molecule has 0 saturated carbocycles. The monoisotopic (exact) mass is 250 g/mol. The SMILES string of the molecule is CCC(CCN)CNc1ncnc2sccc12. The molecule has 17 heavy (non-hydrogen) atoms. The molecule has 0 aliphatic carbocycles. The fourth-order valence-electron chi connectivity index (χ4n) is 1.86. The maximum absolute atomic E-state index is 5.60. The van der Waals surface area contributed by atoms with Crippen molar-refractivity contribution in [3.8, 4) is 0 Å². The summed E-state index contributed by atoms with van der Waals surface area (Å²) in [6.07, 6.45) is 3.81. The molecule has 2 rings (SSSR count). The van der Waals surface area contributed by atoms with Crippen LogP contribution in [0.4, 0.5) is 5.82 Å². The van der Waals surface area contributed by atoms with Crippen LogP contribution in [0.1, 0.15) is 19.8 Å². The lowest BCUT2D eigenvalue weighted by molar-refractivity contribution is 0.501. The quantitative estimate of drug-likeness (QED) is 0.826. The molecule has 92 valence electrons. The van der Waals surface area contributed by atoms with Gasteiger partial charge in [0.1, 0.15) is 17.0 Å². The Balaban J connectivity index is 2.05. The van der Waals surface area contributed by atoms with Crippen molar-refractivity contribution >= 4 is 27.4 Å². The molecule has 1 unspecified atom stereocenters. The van der Waals surface area contributed by atoms with Gasteiger partial charge in [-0.05, 0) is 30.3 Å². The minimum absolute atomic E-state index is 0.614. The lowest BCUT2D eigenvalue weighted by Crippen LogP contribution is -2.17. The summed E-state index contributed by atoms with van der Waals surface area (Å²) in [5.41, 5.74) is 5.60. The van der Waals surface area contributed by atoms with Crippen molar-refractivity contribution in [3.63, 3.8) is 0 Å². The van der Waals surface area contributed by atoms with Crippen LogP contribution < -0.4 is 11.1 Å². The Hall–Kier alpha value is -1.20. The van der Waals surface area contributed by atoms with E-state index in [4.69, 9.17) is 5.73 Å². The van der Waals surface area contributed by atoms with Crippen molar-refractivity contribution < 1.29 is 0 Å². The summed E-state index contributed by atoms with van der Waals surface area (Å²) in [6, 6.07) is 2.06. The first-order valence-corrected chi connectivity index (χ1v) is 6.85. The molecular weight excluding hydrogens is 232 g/mol. The summed E-state index contributed by atoms with van der Waals surface area (Å²) in [5, 5.41) is 6.56. The van der Waals surface area contributed by atoms with Crippen molar-refractivity contribution in [2.75, 3.05) is 18.4 Å². The normalized spacial score (nSPS) is 12.8. The van der Waals surface area contributed by atoms with Crippen LogP contribution in [-0.4, -0.2) is 23.1 Å². The first-order chi connectivity index (χ1) is 8.35. The second-order valence-electron chi connectivity index (χ2n) is 4.09. The summed E-state index contributed by atoms with van der Waals surface area (Å²) in [6.45, 7) is 3.87. The lowest BCUT2D eigenvalue weighted by atomic mass is 10.0. The predicted octanol–water partition coefficient (Wildman–Crippen LogP) is 2.48. The van der Waals surface area contributed by atoms with Crippen molar-refractivity contribution in [2.45, 2.75) is 19.8 Å². The van der Waals surface area contributed by atoms with Gasteiger partial charge in [0.05, 0.1) is 5.39 Å². The number of rotatable bonds is 6. The summed E-state index contributed by atoms with van der Waals surface area (Å²) in [4.78, 5) is 9.57. The Kier molecular flexibility index (Phi) is 4.28. The van der Waals surface area contributed by atoms with Gasteiger partial charge in [-0.3, -0.25) is 0 Å². The maximum Gasteiger partial charge on any atom is 0.138 e. The molecule has 0 aliphatic rings. The molecule has 2 aromatic rings. The number of hydrogen-bond acceptors (Lipinski definition) is 5. The van der Waals surface area contributed by atoms with Crippen molar-refractivity contribution in [1.82, 2.24) is 9.97 Å². The smallest absolute Gasteiger partial charge is 0.138 e. The van der Waals surface area contributed by atoms with E-state index in [0.29, 0.717) is 5.92 Å². The van der Waals surface area contributed by atoms with Crippen LogP contribution in [0.25, 0.3) is 10.2 Å². The largest absolute Gasteiger partial charge is 0.369 e. The second kappa shape index (κ2) is 5.93. The van der Waals surface area contributed by atoms with Gasteiger partial charge in [0, 0.05) is 6.54 Å². The number of nitrogens with one attached hydrogen (secondary N) is 1. The topological polar surface area (TPSA) is 63.8 Å². The second-order valence-corrected chi connectivity index (χ2v) is 4.99. The standard InChI is InChI=1S/C12H18N4S/c1-2-9(3-5-13)7-14-11-10-4-6-17-12(10)16-8-15-11/h4,6,8-9H,2-3,5,7,13H2,1H3,(H,14,15,16). The van der Waals surface area contributed by atoms with Gasteiger partial charge >= 0.3 is 0 Å². The molecule has 0 spiro atoms. The molecule has 1 atom stereocenters. The molecule has 0 amide bonds. The highest BCUT2D eigenvalue weighted by molar-refractivity contribution is 7.16. The Morgan fingerprint density at radius 3 is 3.12 bits per heavy atom. The van der Waals surface area contributed by atoms with E-state index < -0.39 is 0 Å². The summed E-state index contributed by atoms with van der Waals surface area (Å²) < 4.78 is 0. The van der Waals surface area contributed by atoms with Gasteiger partial charge in [0.15, 0.2) is 0 Å². The molecular formula is C12H18N4S. The van der Waals surface area contributed by atoms with Crippen LogP contribution in [0.3, 0.4) is 0 Å². The van der Waals surface area contributed by atoms with Crippen LogP contribution >= 0.6 is 11.3 Å². The van der Waals surface area contributed by atoms with Gasteiger partial charge in [-0.1, -0.05) is 13.3 Å². The van der Waals surface area contributed by atoms with E-state index in [1.54, 1.807) is 17.7 Å². The molecule has 0 aromatic carbocycles. The summed E-state index contributed by atoms with van der Waals surface area (Å²) in [5.74, 6) is 1.55. The van der Waals surface area contributed by atoms with E-state index in [-0.39, 0.29) is 0 Å². The zero-order chi connectivity index (χ0) is 12.1. The Labute approximate surface area is 105 Å². The highest BCUT2D eigenvalue weighted by Crippen LogP contribution is 2.24. The number of anilines is 1. The zero-order valence-corrected chi connectivity index (χ0v) is 10.8. The summed E-state index contributed by atoms with van der Waals surface area (Å²) in [7, 11) is 0. The number of aromatic nitrogens is 2. The molecule has 0 bridgehead atoms. The lowest BCUT2D eigenvalue weighted by Gasteiger charge is -2.15. The minimum Gasteiger partial charge on any atom is -0.369 e. The average molecular weight is 250 g/mol. The molecule has 3 N–H and O–H groups in total. The van der Waals surface area contributed by atoms with Gasteiger partial charge in [-0.25, -0.2) is 9.97 Å². The maximum atomic E-state index is 5.60. The van der Waals surface area contributed by atoms with Crippen LogP contribution in [0, 0.1) is 5.92 Å². The van der Waals surface area contributed by atoms with Gasteiger partial charge in [-0.2, -0.15) is 0 Å². The number of nitrogens with two attached hydrogens (primary N) is 1. The first kappa shape index (κ1) is 12.3. The highest BCUT2D eigenvalue weighted by Gasteiger charge is 2.08. The van der Waals surface area contributed by atoms with Crippen LogP contribution in [0.15, 0.2) is 17.8 Å². The molecule has 2 aromatic heterocycles. The molecule has 0 fully saturated rings. The molecule has 0 radical (unpaired) electrons. The number of nitrogens with zero attached hydrogens (tertiary/aromatic N) is 2. The fraction of sp³-hybridized carbons (Fsp3) is 0.500. The predicted molar refractivity (Wildman–Crippen MR) is 73.4 cm³/mol. The van der Waals surface area contributed by atoms with E-state index in [1.165, 1.54) is 0 Å². The zero-order valence-electron chi connectivity index (χ0n) is 10.0. The van der Waals surface area contributed by atoms with Gasteiger partial charge < -0.3 is 11.1 Å². The van der Waals surface area contributed by atoms with Crippen LogP contribution in [0.2, 0.25) is 0 Å². The van der Waals surface area contributed by atoms with E-state index in [0.717, 1.165) is 42.0 Å². The van der Waals surface area contributed by atoms with Crippen LogP contribution in [0.5, 0.6) is 0 Å². The number of fused-ring (bicyclic) bond motifs is 1. The fourth-order valence-corrected chi connectivity index (χ4v) is 2.59. The van der Waals surface area contributed by atoms with Crippen molar-refractivity contribution in [1.29, 1.82) is 0 Å². The van der Waals surface area contributed by atoms with Gasteiger partial charge in [0.25, 0.3) is 0 Å². The van der Waals surface area contributed by atoms with Gasteiger partial charge in [-0.15, -0.1) is 11.3 Å². The Bertz CT molecular complexity index is 468. The van der Waals surface area contributed by atoms with Crippen molar-refractivity contribution in [2.24, 2.45) is 11.7 Å². The van der Waals surface area contributed by atoms with E-state index in [2.05, 4.69) is 28.3 Å². The Morgan fingerprint density at radius 2 is 2.35 bits per heavy atom. The van der Waals surface area contributed by atoms with E-state index in [9.17, 15) is 0 Å². The molecule has 0 aliphatic heterocycles. The first-order valence-electron chi connectivity index (χ1n) is 5.97.